The Kier molecular flexibility index (Phi) is 3.77. The highest BCUT2D eigenvalue weighted by Crippen LogP contribution is 2.31. The van der Waals surface area contributed by atoms with Crippen molar-refractivity contribution in [3.05, 3.63) is 71.8 Å². The number of hydrogen-bond acceptors (Lipinski definition) is 2. The fourth-order valence-corrected chi connectivity index (χ4v) is 2.05. The van der Waals surface area contributed by atoms with E-state index in [-0.39, 0.29) is 11.4 Å². The van der Waals surface area contributed by atoms with Crippen LogP contribution in [-0.4, -0.2) is 9.97 Å². The zero-order chi connectivity index (χ0) is 16.6. The minimum absolute atomic E-state index is 0.262. The summed E-state index contributed by atoms with van der Waals surface area (Å²) in [6.07, 6.45) is 2.02. The van der Waals surface area contributed by atoms with Gasteiger partial charge in [-0.05, 0) is 0 Å². The van der Waals surface area contributed by atoms with Crippen LogP contribution in [0.1, 0.15) is 0 Å². The summed E-state index contributed by atoms with van der Waals surface area (Å²) in [5.74, 6) is -9.80. The van der Waals surface area contributed by atoms with Gasteiger partial charge in [-0.2, -0.15) is 0 Å². The number of nitrogens with zero attached hydrogens (tertiary/aromatic N) is 2. The van der Waals surface area contributed by atoms with Crippen molar-refractivity contribution in [2.24, 2.45) is 0 Å². The van der Waals surface area contributed by atoms with Crippen LogP contribution in [0, 0.1) is 29.1 Å². The second-order valence-corrected chi connectivity index (χ2v) is 4.61. The van der Waals surface area contributed by atoms with Gasteiger partial charge in [-0.3, -0.25) is 0 Å². The summed E-state index contributed by atoms with van der Waals surface area (Å²) in [6.45, 7) is 0. The van der Waals surface area contributed by atoms with Crippen LogP contribution >= 0.6 is 0 Å². The molecule has 0 amide bonds. The van der Waals surface area contributed by atoms with Gasteiger partial charge in [0.25, 0.3) is 0 Å². The molecule has 0 fully saturated rings. The molecule has 0 aliphatic rings. The van der Waals surface area contributed by atoms with Gasteiger partial charge in [0.1, 0.15) is 0 Å². The summed E-state index contributed by atoms with van der Waals surface area (Å²) < 4.78 is 67.0. The smallest absolute Gasteiger partial charge is 0.200 e. The Balaban J connectivity index is 2.11. The minimum Gasteiger partial charge on any atom is -0.236 e. The van der Waals surface area contributed by atoms with Crippen LogP contribution in [0.15, 0.2) is 42.7 Å². The molecule has 0 saturated heterocycles. The summed E-state index contributed by atoms with van der Waals surface area (Å²) in [6, 6.07) is 8.71. The first-order valence-electron chi connectivity index (χ1n) is 6.40. The zero-order valence-electron chi connectivity index (χ0n) is 11.3. The van der Waals surface area contributed by atoms with E-state index in [1.165, 1.54) is 0 Å². The Hall–Kier alpha value is -2.83. The predicted octanol–water partition coefficient (Wildman–Crippen LogP) is 4.51. The van der Waals surface area contributed by atoms with Crippen LogP contribution < -0.4 is 0 Å². The summed E-state index contributed by atoms with van der Waals surface area (Å²) in [5, 5.41) is 0. The Morgan fingerprint density at radius 2 is 1.04 bits per heavy atom. The molecule has 2 nitrogen and oxygen atoms in total. The Labute approximate surface area is 127 Å². The van der Waals surface area contributed by atoms with Gasteiger partial charge >= 0.3 is 0 Å². The van der Waals surface area contributed by atoms with Crippen molar-refractivity contribution in [3.8, 4) is 22.5 Å². The first kappa shape index (κ1) is 15.1. The number of halogens is 5. The molecule has 2 aromatic carbocycles. The largest absolute Gasteiger partial charge is 0.236 e. The van der Waals surface area contributed by atoms with Crippen molar-refractivity contribution in [1.29, 1.82) is 0 Å². The van der Waals surface area contributed by atoms with E-state index in [0.29, 0.717) is 5.56 Å². The number of rotatable bonds is 2. The molecule has 23 heavy (non-hydrogen) atoms. The van der Waals surface area contributed by atoms with Crippen LogP contribution in [0.2, 0.25) is 0 Å². The lowest BCUT2D eigenvalue weighted by Gasteiger charge is -2.08. The van der Waals surface area contributed by atoms with Crippen molar-refractivity contribution in [2.75, 3.05) is 0 Å². The lowest BCUT2D eigenvalue weighted by Crippen LogP contribution is -2.04. The normalized spacial score (nSPS) is 10.8. The molecule has 116 valence electrons. The van der Waals surface area contributed by atoms with Crippen LogP contribution in [0.3, 0.4) is 0 Å². The van der Waals surface area contributed by atoms with Crippen molar-refractivity contribution in [2.45, 2.75) is 0 Å². The zero-order valence-corrected chi connectivity index (χ0v) is 11.3. The topological polar surface area (TPSA) is 25.8 Å². The second kappa shape index (κ2) is 5.75. The highest BCUT2D eigenvalue weighted by atomic mass is 19.2. The molecule has 0 spiro atoms. The molecule has 0 aliphatic heterocycles. The standard InChI is InChI=1S/C16H7F5N2/c17-11-10(12(18)14(20)15(21)13(11)19)9-6-22-16(23-7-9)8-4-2-1-3-5-8/h1-7H. The average Bonchev–Trinajstić information content (AvgIpc) is 2.60. The molecule has 1 heterocycles. The summed E-state index contributed by atoms with van der Waals surface area (Å²) >= 11 is 0. The van der Waals surface area contributed by atoms with E-state index in [1.54, 1.807) is 30.3 Å². The van der Waals surface area contributed by atoms with E-state index in [0.717, 1.165) is 12.4 Å². The van der Waals surface area contributed by atoms with E-state index in [1.807, 2.05) is 0 Å². The van der Waals surface area contributed by atoms with Crippen molar-refractivity contribution in [1.82, 2.24) is 9.97 Å². The quantitative estimate of drug-likeness (QED) is 0.394. The third-order valence-corrected chi connectivity index (χ3v) is 3.18. The Morgan fingerprint density at radius 1 is 0.565 bits per heavy atom. The molecular weight excluding hydrogens is 315 g/mol. The third kappa shape index (κ3) is 2.54. The third-order valence-electron chi connectivity index (χ3n) is 3.18. The monoisotopic (exact) mass is 322 g/mol. The maximum absolute atomic E-state index is 13.7. The number of hydrogen-bond donors (Lipinski definition) is 0. The maximum Gasteiger partial charge on any atom is 0.200 e. The first-order valence-corrected chi connectivity index (χ1v) is 6.40. The van der Waals surface area contributed by atoms with Crippen LogP contribution in [0.25, 0.3) is 22.5 Å². The second-order valence-electron chi connectivity index (χ2n) is 4.61. The van der Waals surface area contributed by atoms with Gasteiger partial charge in [-0.1, -0.05) is 30.3 Å². The minimum atomic E-state index is -2.20. The van der Waals surface area contributed by atoms with Crippen molar-refractivity contribution < 1.29 is 22.0 Å². The maximum atomic E-state index is 13.7. The highest BCUT2D eigenvalue weighted by Gasteiger charge is 2.26. The fourth-order valence-electron chi connectivity index (χ4n) is 2.05. The van der Waals surface area contributed by atoms with E-state index >= 15 is 0 Å². The van der Waals surface area contributed by atoms with Crippen LogP contribution in [0.5, 0.6) is 0 Å². The number of benzene rings is 2. The molecule has 0 N–H and O–H groups in total. The van der Waals surface area contributed by atoms with Gasteiger partial charge in [-0.15, -0.1) is 0 Å². The first-order chi connectivity index (χ1) is 11.0. The van der Waals surface area contributed by atoms with Gasteiger partial charge in [0.05, 0.1) is 5.56 Å². The van der Waals surface area contributed by atoms with Gasteiger partial charge in [0, 0.05) is 23.5 Å². The SMILES string of the molecule is Fc1c(F)c(F)c(-c2cnc(-c3ccccc3)nc2)c(F)c1F. The molecule has 0 saturated carbocycles. The highest BCUT2D eigenvalue weighted by molar-refractivity contribution is 5.65. The Morgan fingerprint density at radius 3 is 1.57 bits per heavy atom. The molecular formula is C16H7F5N2. The van der Waals surface area contributed by atoms with E-state index in [4.69, 9.17) is 0 Å². The molecule has 3 aromatic rings. The van der Waals surface area contributed by atoms with Gasteiger partial charge in [0.15, 0.2) is 29.1 Å². The van der Waals surface area contributed by atoms with Gasteiger partial charge in [0.2, 0.25) is 5.82 Å². The Bertz CT molecular complexity index is 835. The summed E-state index contributed by atoms with van der Waals surface area (Å²) in [7, 11) is 0. The van der Waals surface area contributed by atoms with Crippen molar-refractivity contribution >= 4 is 0 Å². The van der Waals surface area contributed by atoms with Crippen LogP contribution in [-0.2, 0) is 0 Å². The summed E-state index contributed by atoms with van der Waals surface area (Å²) in [5.41, 5.74) is -0.713. The van der Waals surface area contributed by atoms with E-state index in [9.17, 15) is 22.0 Å². The average molecular weight is 322 g/mol. The van der Waals surface area contributed by atoms with Crippen molar-refractivity contribution in [3.63, 3.8) is 0 Å². The molecule has 0 atom stereocenters. The number of aromatic nitrogens is 2. The van der Waals surface area contributed by atoms with Gasteiger partial charge in [-0.25, -0.2) is 31.9 Å². The van der Waals surface area contributed by atoms with Gasteiger partial charge < -0.3 is 0 Å². The fraction of sp³-hybridized carbons (Fsp3) is 0. The summed E-state index contributed by atoms with van der Waals surface area (Å²) in [4.78, 5) is 7.81. The molecule has 0 bridgehead atoms. The van der Waals surface area contributed by atoms with Crippen LogP contribution in [0.4, 0.5) is 22.0 Å². The molecule has 0 aliphatic carbocycles. The van der Waals surface area contributed by atoms with E-state index < -0.39 is 34.6 Å². The molecule has 3 rings (SSSR count). The lowest BCUT2D eigenvalue weighted by molar-refractivity contribution is 0.381. The molecule has 0 unspecified atom stereocenters. The predicted molar refractivity (Wildman–Crippen MR) is 72.7 cm³/mol. The molecule has 0 radical (unpaired) electrons. The molecule has 1 aromatic heterocycles. The molecule has 7 heteroatoms. The lowest BCUT2D eigenvalue weighted by atomic mass is 10.1. The van der Waals surface area contributed by atoms with E-state index in [2.05, 4.69) is 9.97 Å².